The van der Waals surface area contributed by atoms with Crippen molar-refractivity contribution in [3.8, 4) is 56.4 Å². The quantitative estimate of drug-likeness (QED) is 0.146. The zero-order valence-electron chi connectivity index (χ0n) is 29.9. The first-order chi connectivity index (χ1) is 26.9. The van der Waals surface area contributed by atoms with Crippen LogP contribution in [0.25, 0.3) is 82.3 Å². The lowest BCUT2D eigenvalue weighted by Crippen LogP contribution is -2.00. The van der Waals surface area contributed by atoms with Crippen LogP contribution in [0.3, 0.4) is 0 Å². The molecular formula is C49H33FN4S. The van der Waals surface area contributed by atoms with Gasteiger partial charge in [0.15, 0.2) is 17.5 Å². The maximum Gasteiger partial charge on any atom is 0.164 e. The summed E-state index contributed by atoms with van der Waals surface area (Å²) in [6.07, 6.45) is 0. The normalized spacial score (nSPS) is 11.6. The second kappa shape index (κ2) is 14.5. The first-order valence-corrected chi connectivity index (χ1v) is 18.8. The number of rotatable bonds is 8. The Labute approximate surface area is 322 Å². The second-order valence-electron chi connectivity index (χ2n) is 13.4. The molecule has 0 amide bonds. The topological polar surface area (TPSA) is 51.0 Å². The van der Waals surface area contributed by atoms with Gasteiger partial charge >= 0.3 is 0 Å². The molecule has 0 aliphatic rings. The Hall–Kier alpha value is -6.89. The number of hydrogen-bond acceptors (Lipinski definition) is 5. The molecule has 0 spiro atoms. The zero-order chi connectivity index (χ0) is 37.3. The van der Waals surface area contributed by atoms with Gasteiger partial charge in [-0.15, -0.1) is 11.3 Å². The number of aliphatic imine (C=N–C) groups is 1. The smallest absolute Gasteiger partial charge is 0.164 e. The van der Waals surface area contributed by atoms with Crippen molar-refractivity contribution in [2.75, 3.05) is 0 Å². The summed E-state index contributed by atoms with van der Waals surface area (Å²) in [7, 11) is 0. The van der Waals surface area contributed by atoms with E-state index in [1.54, 1.807) is 12.1 Å². The van der Waals surface area contributed by atoms with Crippen molar-refractivity contribution in [1.82, 2.24) is 15.0 Å². The summed E-state index contributed by atoms with van der Waals surface area (Å²) >= 11 is 1.81. The third kappa shape index (κ3) is 6.99. The molecule has 262 valence electrons. The molecule has 0 bridgehead atoms. The van der Waals surface area contributed by atoms with E-state index >= 15 is 0 Å². The van der Waals surface area contributed by atoms with E-state index in [1.807, 2.05) is 66.8 Å². The molecule has 7 aromatic carbocycles. The van der Waals surface area contributed by atoms with Crippen LogP contribution in [-0.4, -0.2) is 20.7 Å². The number of thiophene rings is 1. The number of halogens is 1. The Morgan fingerprint density at radius 1 is 0.473 bits per heavy atom. The first-order valence-electron chi connectivity index (χ1n) is 18.0. The van der Waals surface area contributed by atoms with E-state index in [9.17, 15) is 4.39 Å². The molecule has 0 saturated heterocycles. The van der Waals surface area contributed by atoms with Gasteiger partial charge in [-0.05, 0) is 88.8 Å². The van der Waals surface area contributed by atoms with Gasteiger partial charge in [0.2, 0.25) is 0 Å². The van der Waals surface area contributed by atoms with Gasteiger partial charge in [0, 0.05) is 42.6 Å². The molecule has 0 fully saturated rings. The standard InChI is InChI=1S/C49H33FN4S/c1-31(33-9-5-3-6-10-33)51-32(2)34-13-15-35(16-14-34)40-23-27-45-43(29-40)44-30-41(24-28-46(44)55-45)36-17-19-38(20-18-36)48-52-47(37-11-7-4-8-12-37)53-49(54-48)39-21-25-42(50)26-22-39/h3-30H,2H2,1H3. The fourth-order valence-corrected chi connectivity index (χ4v) is 7.83. The van der Waals surface area contributed by atoms with Crippen LogP contribution in [0.5, 0.6) is 0 Å². The third-order valence-electron chi connectivity index (χ3n) is 9.76. The number of nitrogens with zero attached hydrogens (tertiary/aromatic N) is 4. The fraction of sp³-hybridized carbons (Fsp3) is 0.0204. The Morgan fingerprint density at radius 3 is 1.42 bits per heavy atom. The van der Waals surface area contributed by atoms with Gasteiger partial charge in [0.05, 0.1) is 5.70 Å². The highest BCUT2D eigenvalue weighted by Crippen LogP contribution is 2.39. The molecule has 55 heavy (non-hydrogen) atoms. The van der Waals surface area contributed by atoms with Crippen LogP contribution >= 0.6 is 11.3 Å². The van der Waals surface area contributed by atoms with Gasteiger partial charge in [-0.25, -0.2) is 19.3 Å². The van der Waals surface area contributed by atoms with Crippen LogP contribution < -0.4 is 0 Å². The lowest BCUT2D eigenvalue weighted by Gasteiger charge is -2.09. The van der Waals surface area contributed by atoms with Crippen LogP contribution in [-0.2, 0) is 0 Å². The lowest BCUT2D eigenvalue weighted by molar-refractivity contribution is 0.628. The van der Waals surface area contributed by atoms with E-state index in [0.29, 0.717) is 17.5 Å². The van der Waals surface area contributed by atoms with Crippen molar-refractivity contribution in [3.63, 3.8) is 0 Å². The summed E-state index contributed by atoms with van der Waals surface area (Å²) in [5.41, 5.74) is 10.8. The zero-order valence-corrected chi connectivity index (χ0v) is 30.8. The molecule has 9 aromatic rings. The van der Waals surface area contributed by atoms with Gasteiger partial charge in [0.1, 0.15) is 5.82 Å². The van der Waals surface area contributed by atoms with Crippen LogP contribution in [0.15, 0.2) is 181 Å². The Morgan fingerprint density at radius 2 is 0.891 bits per heavy atom. The van der Waals surface area contributed by atoms with Crippen LogP contribution in [0.1, 0.15) is 18.1 Å². The van der Waals surface area contributed by atoms with Gasteiger partial charge in [-0.3, -0.25) is 4.99 Å². The predicted octanol–water partition coefficient (Wildman–Crippen LogP) is 13.2. The number of hydrogen-bond donors (Lipinski definition) is 0. The van der Waals surface area contributed by atoms with Crippen LogP contribution in [0, 0.1) is 5.82 Å². The van der Waals surface area contributed by atoms with E-state index in [2.05, 4.69) is 104 Å². The highest BCUT2D eigenvalue weighted by Gasteiger charge is 2.14. The summed E-state index contributed by atoms with van der Waals surface area (Å²) in [4.78, 5) is 19.2. The summed E-state index contributed by atoms with van der Waals surface area (Å²) in [5.74, 6) is 1.30. The molecule has 0 saturated carbocycles. The van der Waals surface area contributed by atoms with Gasteiger partial charge in [-0.1, -0.05) is 128 Å². The van der Waals surface area contributed by atoms with Crippen molar-refractivity contribution < 1.29 is 4.39 Å². The molecular weight excluding hydrogens is 696 g/mol. The molecule has 0 unspecified atom stereocenters. The van der Waals surface area contributed by atoms with Gasteiger partial charge in [-0.2, -0.15) is 0 Å². The predicted molar refractivity (Wildman–Crippen MR) is 228 cm³/mol. The van der Waals surface area contributed by atoms with E-state index in [-0.39, 0.29) is 5.82 Å². The van der Waals surface area contributed by atoms with E-state index in [0.717, 1.165) is 61.5 Å². The maximum atomic E-state index is 13.7. The van der Waals surface area contributed by atoms with Crippen LogP contribution in [0.2, 0.25) is 0 Å². The van der Waals surface area contributed by atoms with E-state index < -0.39 is 0 Å². The molecule has 0 atom stereocenters. The summed E-state index contributed by atoms with van der Waals surface area (Å²) in [5, 5.41) is 2.47. The molecule has 0 aliphatic heterocycles. The van der Waals surface area contributed by atoms with E-state index in [4.69, 9.17) is 19.9 Å². The SMILES string of the molecule is C=C(N=C(C)c1ccccc1)c1ccc(-c2ccc3sc4ccc(-c5ccc(-c6nc(-c7ccccc7)nc(-c7ccc(F)cc7)n6)cc5)cc4c3c2)cc1. The average molecular weight is 729 g/mol. The minimum atomic E-state index is -0.306. The monoisotopic (exact) mass is 728 g/mol. The highest BCUT2D eigenvalue weighted by molar-refractivity contribution is 7.25. The third-order valence-corrected chi connectivity index (χ3v) is 10.9. The number of fused-ring (bicyclic) bond motifs is 3. The Kier molecular flexibility index (Phi) is 8.94. The number of benzene rings is 7. The molecule has 9 rings (SSSR count). The molecule has 0 N–H and O–H groups in total. The molecule has 0 aliphatic carbocycles. The maximum absolute atomic E-state index is 13.7. The molecule has 2 aromatic heterocycles. The molecule has 0 radical (unpaired) electrons. The fourth-order valence-electron chi connectivity index (χ4n) is 6.76. The van der Waals surface area contributed by atoms with Crippen molar-refractivity contribution in [1.29, 1.82) is 0 Å². The van der Waals surface area contributed by atoms with Crippen LogP contribution in [0.4, 0.5) is 4.39 Å². The molecule has 2 heterocycles. The van der Waals surface area contributed by atoms with Gasteiger partial charge in [0.25, 0.3) is 0 Å². The van der Waals surface area contributed by atoms with Gasteiger partial charge < -0.3 is 0 Å². The average Bonchev–Trinajstić information content (AvgIpc) is 3.62. The first kappa shape index (κ1) is 33.9. The van der Waals surface area contributed by atoms with E-state index in [1.165, 1.54) is 32.3 Å². The van der Waals surface area contributed by atoms with Crippen molar-refractivity contribution in [2.45, 2.75) is 6.92 Å². The summed E-state index contributed by atoms with van der Waals surface area (Å²) < 4.78 is 16.2. The highest BCUT2D eigenvalue weighted by atomic mass is 32.1. The summed E-state index contributed by atoms with van der Waals surface area (Å²) in [6, 6.07) is 56.5. The largest absolute Gasteiger partial charge is 0.253 e. The minimum Gasteiger partial charge on any atom is -0.253 e. The van der Waals surface area contributed by atoms with Crippen molar-refractivity contribution in [2.24, 2.45) is 4.99 Å². The second-order valence-corrected chi connectivity index (χ2v) is 14.5. The van der Waals surface area contributed by atoms with Crippen molar-refractivity contribution in [3.05, 3.63) is 193 Å². The minimum absolute atomic E-state index is 0.306. The lowest BCUT2D eigenvalue weighted by atomic mass is 9.99. The summed E-state index contributed by atoms with van der Waals surface area (Å²) in [6.45, 7) is 6.26. The Bertz CT molecular complexity index is 2860. The molecule has 4 nitrogen and oxygen atoms in total. The number of aromatic nitrogens is 3. The van der Waals surface area contributed by atoms with Crippen molar-refractivity contribution >= 4 is 42.9 Å². The Balaban J connectivity index is 1.01. The molecule has 6 heteroatoms.